The van der Waals surface area contributed by atoms with Crippen LogP contribution in [0, 0.1) is 28.6 Å². The highest BCUT2D eigenvalue weighted by Crippen LogP contribution is 2.70. The Morgan fingerprint density at radius 3 is 2.73 bits per heavy atom. The van der Waals surface area contributed by atoms with Gasteiger partial charge < -0.3 is 0 Å². The Morgan fingerprint density at radius 2 is 2.00 bits per heavy atom. The molecule has 0 N–H and O–H groups in total. The maximum Gasteiger partial charge on any atom is 0.136 e. The minimum Gasteiger partial charge on any atom is -0.299 e. The van der Waals surface area contributed by atoms with E-state index in [-0.39, 0.29) is 0 Å². The summed E-state index contributed by atoms with van der Waals surface area (Å²) >= 11 is 0. The lowest BCUT2D eigenvalue weighted by Crippen LogP contribution is -2.31. The van der Waals surface area contributed by atoms with Crippen molar-refractivity contribution in [1.29, 1.82) is 0 Å². The second kappa shape index (κ2) is 2.67. The lowest BCUT2D eigenvalue weighted by molar-refractivity contribution is -0.127. The van der Waals surface area contributed by atoms with Crippen molar-refractivity contribution < 1.29 is 4.79 Å². The molecule has 84 valence electrons. The third kappa shape index (κ3) is 0.976. The molecule has 0 radical (unpaired) electrons. The first kappa shape index (κ1) is 9.86. The molecule has 3 fully saturated rings. The first-order chi connectivity index (χ1) is 6.98. The summed E-state index contributed by atoms with van der Waals surface area (Å²) in [6, 6.07) is 0. The van der Waals surface area contributed by atoms with E-state index in [0.29, 0.717) is 22.5 Å². The monoisotopic (exact) mass is 206 g/mol. The van der Waals surface area contributed by atoms with Crippen LogP contribution in [0.5, 0.6) is 0 Å². The Morgan fingerprint density at radius 1 is 1.27 bits per heavy atom. The molecule has 0 amide bonds. The zero-order valence-corrected chi connectivity index (χ0v) is 10.2. The van der Waals surface area contributed by atoms with Gasteiger partial charge >= 0.3 is 0 Å². The second-order valence-electron chi connectivity index (χ2n) is 6.81. The van der Waals surface area contributed by atoms with Gasteiger partial charge in [0, 0.05) is 12.3 Å². The molecule has 2 bridgehead atoms. The highest BCUT2D eigenvalue weighted by Gasteiger charge is 2.65. The number of fused-ring (bicyclic) bond motifs is 1. The SMILES string of the molecule is C[C@@H]1CCC2C(C)(C)[C@H]3C[C@]21CCC3=O. The Kier molecular flexibility index (Phi) is 1.76. The van der Waals surface area contributed by atoms with Crippen molar-refractivity contribution >= 4 is 5.78 Å². The summed E-state index contributed by atoms with van der Waals surface area (Å²) in [5, 5.41) is 0. The average molecular weight is 206 g/mol. The Hall–Kier alpha value is -0.330. The summed E-state index contributed by atoms with van der Waals surface area (Å²) in [6.45, 7) is 7.13. The van der Waals surface area contributed by atoms with Gasteiger partial charge in [0.05, 0.1) is 0 Å². The third-order valence-electron chi connectivity index (χ3n) is 6.17. The maximum atomic E-state index is 12.0. The van der Waals surface area contributed by atoms with Crippen molar-refractivity contribution in [1.82, 2.24) is 0 Å². The standard InChI is InChI=1S/C14H22O/c1-9-4-5-12-13(2,3)10-8-14(9,12)7-6-11(10)15/h9-10,12H,4-8H2,1-3H3/t9-,10+,12?,14+/m1/s1. The largest absolute Gasteiger partial charge is 0.299 e. The van der Waals surface area contributed by atoms with Gasteiger partial charge in [0.15, 0.2) is 0 Å². The van der Waals surface area contributed by atoms with Crippen molar-refractivity contribution in [2.24, 2.45) is 28.6 Å². The van der Waals surface area contributed by atoms with Crippen LogP contribution in [0.25, 0.3) is 0 Å². The number of carbonyl (C=O) groups excluding carboxylic acids is 1. The van der Waals surface area contributed by atoms with E-state index >= 15 is 0 Å². The third-order valence-corrected chi connectivity index (χ3v) is 6.17. The van der Waals surface area contributed by atoms with Gasteiger partial charge in [-0.1, -0.05) is 20.8 Å². The van der Waals surface area contributed by atoms with Crippen LogP contribution in [-0.2, 0) is 4.79 Å². The van der Waals surface area contributed by atoms with E-state index in [4.69, 9.17) is 0 Å². The first-order valence-electron chi connectivity index (χ1n) is 6.51. The molecular formula is C14H22O. The normalized spacial score (nSPS) is 51.9. The molecule has 3 aliphatic carbocycles. The smallest absolute Gasteiger partial charge is 0.136 e. The zero-order valence-electron chi connectivity index (χ0n) is 10.2. The molecule has 3 aliphatic rings. The van der Waals surface area contributed by atoms with Crippen molar-refractivity contribution in [2.45, 2.75) is 52.9 Å². The highest BCUT2D eigenvalue weighted by molar-refractivity contribution is 5.83. The van der Waals surface area contributed by atoms with Crippen LogP contribution in [0.3, 0.4) is 0 Å². The van der Waals surface area contributed by atoms with Crippen LogP contribution in [0.2, 0.25) is 0 Å². The van der Waals surface area contributed by atoms with Crippen molar-refractivity contribution in [2.75, 3.05) is 0 Å². The van der Waals surface area contributed by atoms with E-state index in [1.165, 1.54) is 25.7 Å². The zero-order chi connectivity index (χ0) is 10.8. The fourth-order valence-corrected chi connectivity index (χ4v) is 5.26. The molecule has 3 saturated carbocycles. The van der Waals surface area contributed by atoms with Crippen LogP contribution < -0.4 is 0 Å². The fraction of sp³-hybridized carbons (Fsp3) is 0.929. The summed E-state index contributed by atoms with van der Waals surface area (Å²) in [6.07, 6.45) is 6.05. The maximum absolute atomic E-state index is 12.0. The van der Waals surface area contributed by atoms with Gasteiger partial charge in [0.25, 0.3) is 0 Å². The summed E-state index contributed by atoms with van der Waals surface area (Å²) in [4.78, 5) is 12.0. The highest BCUT2D eigenvalue weighted by atomic mass is 16.1. The molecular weight excluding hydrogens is 184 g/mol. The molecule has 1 spiro atoms. The van der Waals surface area contributed by atoms with Gasteiger partial charge in [-0.2, -0.15) is 0 Å². The minimum atomic E-state index is 0.290. The summed E-state index contributed by atoms with van der Waals surface area (Å²) < 4.78 is 0. The van der Waals surface area contributed by atoms with Crippen LogP contribution in [0.4, 0.5) is 0 Å². The van der Waals surface area contributed by atoms with Crippen molar-refractivity contribution in [3.63, 3.8) is 0 Å². The van der Waals surface area contributed by atoms with Gasteiger partial charge in [0.2, 0.25) is 0 Å². The Balaban J connectivity index is 2.08. The van der Waals surface area contributed by atoms with Crippen LogP contribution >= 0.6 is 0 Å². The molecule has 1 heteroatoms. The van der Waals surface area contributed by atoms with E-state index in [2.05, 4.69) is 20.8 Å². The number of rotatable bonds is 0. The number of hydrogen-bond acceptors (Lipinski definition) is 1. The lowest BCUT2D eigenvalue weighted by atomic mass is 9.67. The lowest BCUT2D eigenvalue weighted by Gasteiger charge is -2.37. The topological polar surface area (TPSA) is 17.1 Å². The second-order valence-corrected chi connectivity index (χ2v) is 6.81. The minimum absolute atomic E-state index is 0.290. The fourth-order valence-electron chi connectivity index (χ4n) is 5.26. The molecule has 0 saturated heterocycles. The number of Topliss-reactive ketones (excluding diaryl/α,β-unsaturated/α-hetero) is 1. The van der Waals surface area contributed by atoms with Crippen molar-refractivity contribution in [3.05, 3.63) is 0 Å². The molecule has 1 unspecified atom stereocenters. The number of carbonyl (C=O) groups is 1. The van der Waals surface area contributed by atoms with Crippen LogP contribution in [0.15, 0.2) is 0 Å². The molecule has 4 atom stereocenters. The molecule has 0 aliphatic heterocycles. The molecule has 1 nitrogen and oxygen atoms in total. The van der Waals surface area contributed by atoms with Gasteiger partial charge in [-0.05, 0) is 48.3 Å². The van der Waals surface area contributed by atoms with Crippen LogP contribution in [-0.4, -0.2) is 5.78 Å². The summed E-state index contributed by atoms with van der Waals surface area (Å²) in [5.74, 6) is 2.64. The van der Waals surface area contributed by atoms with Gasteiger partial charge in [0.1, 0.15) is 5.78 Å². The van der Waals surface area contributed by atoms with Gasteiger partial charge in [-0.3, -0.25) is 4.79 Å². The average Bonchev–Trinajstić information content (AvgIpc) is 2.57. The Bertz CT molecular complexity index is 317. The van der Waals surface area contributed by atoms with Gasteiger partial charge in [-0.15, -0.1) is 0 Å². The number of hydrogen-bond donors (Lipinski definition) is 0. The summed E-state index contributed by atoms with van der Waals surface area (Å²) in [7, 11) is 0. The van der Waals surface area contributed by atoms with Crippen LogP contribution in [0.1, 0.15) is 52.9 Å². The first-order valence-corrected chi connectivity index (χ1v) is 6.51. The molecule has 0 aromatic rings. The van der Waals surface area contributed by atoms with E-state index in [0.717, 1.165) is 18.3 Å². The predicted molar refractivity (Wildman–Crippen MR) is 60.5 cm³/mol. The van der Waals surface area contributed by atoms with E-state index in [1.807, 2.05) is 0 Å². The quantitative estimate of drug-likeness (QED) is 0.593. The molecule has 0 heterocycles. The van der Waals surface area contributed by atoms with E-state index in [1.54, 1.807) is 0 Å². The summed E-state index contributed by atoms with van der Waals surface area (Å²) in [5.41, 5.74) is 0.848. The molecule has 0 aromatic heterocycles. The molecule has 3 rings (SSSR count). The number of ketones is 1. The van der Waals surface area contributed by atoms with Crippen molar-refractivity contribution in [3.8, 4) is 0 Å². The Labute approximate surface area is 92.6 Å². The van der Waals surface area contributed by atoms with E-state index in [9.17, 15) is 4.79 Å². The van der Waals surface area contributed by atoms with Gasteiger partial charge in [-0.25, -0.2) is 0 Å². The molecule has 15 heavy (non-hydrogen) atoms. The predicted octanol–water partition coefficient (Wildman–Crippen LogP) is 3.43. The van der Waals surface area contributed by atoms with E-state index < -0.39 is 0 Å². The molecule has 0 aromatic carbocycles.